The first-order valence-electron chi connectivity index (χ1n) is 11.9. The van der Waals surface area contributed by atoms with Crippen LogP contribution in [0.2, 0.25) is 0 Å². The minimum absolute atomic E-state index is 0. The van der Waals surface area contributed by atoms with Gasteiger partial charge in [0.1, 0.15) is 11.2 Å². The molecule has 1 aromatic heterocycles. The van der Waals surface area contributed by atoms with E-state index in [-0.39, 0.29) is 24.0 Å². The maximum atomic E-state index is 2.46. The lowest BCUT2D eigenvalue weighted by atomic mass is 10.1. The van der Waals surface area contributed by atoms with Crippen molar-refractivity contribution >= 4 is 66.6 Å². The van der Waals surface area contributed by atoms with Crippen molar-refractivity contribution in [3.05, 3.63) is 94.5 Å². The summed E-state index contributed by atoms with van der Waals surface area (Å²) in [6.07, 6.45) is 4.71. The lowest BCUT2D eigenvalue weighted by Gasteiger charge is -2.19. The topological polar surface area (TPSA) is 7.12 Å². The van der Waals surface area contributed by atoms with Crippen LogP contribution in [0.4, 0.5) is 5.69 Å². The normalized spacial score (nSPS) is 14.8. The molecule has 1 aliphatic rings. The summed E-state index contributed by atoms with van der Waals surface area (Å²) in [6.45, 7) is 8.62. The van der Waals surface area contributed by atoms with Crippen LogP contribution in [0.25, 0.3) is 37.8 Å². The number of thioether (sulfide) groups is 1. The van der Waals surface area contributed by atoms with Crippen molar-refractivity contribution in [1.29, 1.82) is 0 Å². The second-order valence-electron chi connectivity index (χ2n) is 8.67. The molecule has 2 nitrogen and oxygen atoms in total. The van der Waals surface area contributed by atoms with Crippen LogP contribution in [0.15, 0.2) is 94.4 Å². The molecular weight excluding hydrogens is 579 g/mol. The summed E-state index contributed by atoms with van der Waals surface area (Å²) < 4.78 is 3.81. The van der Waals surface area contributed by atoms with Crippen molar-refractivity contribution < 1.29 is 28.5 Å². The first kappa shape index (κ1) is 24.3. The largest absolute Gasteiger partial charge is 1.00 e. The monoisotopic (exact) mass is 606 g/mol. The van der Waals surface area contributed by atoms with E-state index in [1.807, 2.05) is 23.1 Å². The Kier molecular flexibility index (Phi) is 6.93. The molecule has 0 fully saturated rings. The summed E-state index contributed by atoms with van der Waals surface area (Å²) in [5.74, 6) is 0. The summed E-state index contributed by atoms with van der Waals surface area (Å²) in [6, 6.07) is 26.4. The van der Waals surface area contributed by atoms with Crippen LogP contribution >= 0.6 is 23.1 Å². The molecule has 35 heavy (non-hydrogen) atoms. The second-order valence-corrected chi connectivity index (χ2v) is 10.8. The fourth-order valence-corrected chi connectivity index (χ4v) is 7.53. The van der Waals surface area contributed by atoms with Crippen molar-refractivity contribution in [1.82, 2.24) is 0 Å². The summed E-state index contributed by atoms with van der Waals surface area (Å²) in [5, 5.41) is 7.87. The van der Waals surface area contributed by atoms with Crippen LogP contribution in [0.3, 0.4) is 0 Å². The van der Waals surface area contributed by atoms with Crippen LogP contribution in [-0.4, -0.2) is 6.54 Å². The minimum atomic E-state index is 0. The number of fused-ring (bicyclic) bond motifs is 6. The molecule has 0 saturated carbocycles. The van der Waals surface area contributed by atoms with E-state index in [1.165, 1.54) is 58.0 Å². The van der Waals surface area contributed by atoms with Gasteiger partial charge in [-0.1, -0.05) is 77.7 Å². The molecule has 4 aromatic carbocycles. The predicted molar refractivity (Wildman–Crippen MR) is 150 cm³/mol. The van der Waals surface area contributed by atoms with Crippen LogP contribution < -0.4 is 33.4 Å². The van der Waals surface area contributed by atoms with Crippen molar-refractivity contribution in [3.8, 4) is 0 Å². The second kappa shape index (κ2) is 9.96. The Morgan fingerprint density at radius 3 is 2.31 bits per heavy atom. The number of allylic oxidation sites excluding steroid dienone is 2. The van der Waals surface area contributed by atoms with Gasteiger partial charge in [-0.2, -0.15) is 4.57 Å². The Morgan fingerprint density at radius 2 is 1.57 bits per heavy atom. The highest BCUT2D eigenvalue weighted by Crippen LogP contribution is 2.49. The Bertz CT molecular complexity index is 1630. The van der Waals surface area contributed by atoms with Gasteiger partial charge in [-0.05, 0) is 61.4 Å². The van der Waals surface area contributed by atoms with Crippen molar-refractivity contribution in [3.63, 3.8) is 0 Å². The molecular formula is C30H27IN2S2. The number of aryl methyl sites for hydroxylation is 1. The maximum Gasteiger partial charge on any atom is 0.263 e. The van der Waals surface area contributed by atoms with Gasteiger partial charge in [0.25, 0.3) is 5.01 Å². The zero-order valence-electron chi connectivity index (χ0n) is 20.1. The SMILES string of the molecule is CCN1C(=CC(C)=Cc2sc3ccc4ccccc4c3[n+]2CC)Sc2ccc3ccccc3c21.[I-]. The number of hydrogen-bond donors (Lipinski definition) is 0. The van der Waals surface area contributed by atoms with Gasteiger partial charge in [0.15, 0.2) is 0 Å². The van der Waals surface area contributed by atoms with Crippen LogP contribution in [0.1, 0.15) is 25.8 Å². The number of thiazole rings is 1. The zero-order valence-corrected chi connectivity index (χ0v) is 23.9. The van der Waals surface area contributed by atoms with E-state index in [9.17, 15) is 0 Å². The molecule has 5 heteroatoms. The zero-order chi connectivity index (χ0) is 23.2. The molecule has 0 saturated heterocycles. The van der Waals surface area contributed by atoms with Gasteiger partial charge in [0, 0.05) is 22.9 Å². The number of aromatic nitrogens is 1. The van der Waals surface area contributed by atoms with Gasteiger partial charge in [0.2, 0.25) is 5.52 Å². The Labute approximate surface area is 232 Å². The highest BCUT2D eigenvalue weighted by Gasteiger charge is 2.26. The summed E-state index contributed by atoms with van der Waals surface area (Å²) in [5.41, 5.74) is 3.97. The molecule has 1 aliphatic heterocycles. The fraction of sp³-hybridized carbons (Fsp3) is 0.167. The Morgan fingerprint density at radius 1 is 0.886 bits per heavy atom. The average Bonchev–Trinajstić information content (AvgIpc) is 3.40. The maximum absolute atomic E-state index is 2.46. The summed E-state index contributed by atoms with van der Waals surface area (Å²) in [4.78, 5) is 3.81. The van der Waals surface area contributed by atoms with Gasteiger partial charge in [-0.25, -0.2) is 0 Å². The lowest BCUT2D eigenvalue weighted by molar-refractivity contribution is -0.664. The van der Waals surface area contributed by atoms with Gasteiger partial charge in [-0.15, -0.1) is 0 Å². The van der Waals surface area contributed by atoms with Crippen LogP contribution in [0, 0.1) is 0 Å². The number of hydrogen-bond acceptors (Lipinski definition) is 3. The van der Waals surface area contributed by atoms with E-state index in [2.05, 4.69) is 115 Å². The highest BCUT2D eigenvalue weighted by atomic mass is 127. The molecule has 6 rings (SSSR count). The molecule has 0 N–H and O–H groups in total. The standard InChI is InChI=1S/C30H27N2S2.HI/c1-4-31-27(33-25-16-14-21-10-6-8-12-23(21)29(25)31)18-20(3)19-28-32(5-2)30-24-13-9-7-11-22(24)15-17-26(30)34-28;/h6-19H,4-5H2,1-3H3;1H/q+1;/p-1. The minimum Gasteiger partial charge on any atom is -1.00 e. The van der Waals surface area contributed by atoms with Gasteiger partial charge in [-0.3, -0.25) is 0 Å². The quantitative estimate of drug-likeness (QED) is 0.200. The third-order valence-corrected chi connectivity index (χ3v) is 8.76. The van der Waals surface area contributed by atoms with E-state index < -0.39 is 0 Å². The summed E-state index contributed by atoms with van der Waals surface area (Å²) in [7, 11) is 0. The van der Waals surface area contributed by atoms with Gasteiger partial charge < -0.3 is 28.9 Å². The first-order valence-corrected chi connectivity index (χ1v) is 13.5. The number of rotatable bonds is 4. The van der Waals surface area contributed by atoms with E-state index >= 15 is 0 Å². The molecule has 5 aromatic rings. The number of nitrogens with zero attached hydrogens (tertiary/aromatic N) is 2. The van der Waals surface area contributed by atoms with Gasteiger partial charge in [0.05, 0.1) is 16.1 Å². The highest BCUT2D eigenvalue weighted by molar-refractivity contribution is 8.03. The van der Waals surface area contributed by atoms with E-state index in [4.69, 9.17) is 0 Å². The summed E-state index contributed by atoms with van der Waals surface area (Å²) >= 11 is 3.76. The Balaban J connectivity index is 0.00000253. The van der Waals surface area contributed by atoms with Crippen molar-refractivity contribution in [2.75, 3.05) is 11.4 Å². The number of anilines is 1. The lowest BCUT2D eigenvalue weighted by Crippen LogP contribution is -3.00. The molecule has 176 valence electrons. The van der Waals surface area contributed by atoms with E-state index in [0.717, 1.165) is 13.1 Å². The smallest absolute Gasteiger partial charge is 0.263 e. The molecule has 0 aliphatic carbocycles. The number of benzene rings is 4. The molecule has 0 amide bonds. The predicted octanol–water partition coefficient (Wildman–Crippen LogP) is 5.40. The first-order chi connectivity index (χ1) is 16.7. The van der Waals surface area contributed by atoms with Crippen molar-refractivity contribution in [2.24, 2.45) is 0 Å². The molecule has 0 unspecified atom stereocenters. The van der Waals surface area contributed by atoms with Crippen LogP contribution in [0.5, 0.6) is 0 Å². The molecule has 0 radical (unpaired) electrons. The molecule has 0 bridgehead atoms. The van der Waals surface area contributed by atoms with Crippen LogP contribution in [-0.2, 0) is 6.54 Å². The van der Waals surface area contributed by atoms with E-state index in [1.54, 1.807) is 0 Å². The van der Waals surface area contributed by atoms with E-state index in [0.29, 0.717) is 0 Å². The molecule has 0 atom stereocenters. The number of halogens is 1. The molecule has 2 heterocycles. The molecule has 0 spiro atoms. The Hall–Kier alpha value is -2.35. The van der Waals surface area contributed by atoms with Gasteiger partial charge >= 0.3 is 0 Å². The fourth-order valence-electron chi connectivity index (χ4n) is 5.02. The third-order valence-electron chi connectivity index (χ3n) is 6.56. The van der Waals surface area contributed by atoms with Crippen molar-refractivity contribution in [2.45, 2.75) is 32.2 Å². The average molecular weight is 607 g/mol. The third kappa shape index (κ3) is 4.17.